The second kappa shape index (κ2) is 7.07. The summed E-state index contributed by atoms with van der Waals surface area (Å²) in [7, 11) is 0. The molecule has 0 spiro atoms. The standard InChI is InChI=1S/C20H16F2O4/c21-20(22)14(10-9-13-5-1-4-8-17(13)20)11-12-26-19(25)16-7-3-2-6-15(16)18(23)24/h1-10,14H,11-12H2,(H,23,24). The Morgan fingerprint density at radius 2 is 1.69 bits per heavy atom. The van der Waals surface area contributed by atoms with E-state index in [1.54, 1.807) is 24.3 Å². The van der Waals surface area contributed by atoms with Gasteiger partial charge in [-0.2, -0.15) is 0 Å². The molecule has 26 heavy (non-hydrogen) atoms. The number of carbonyl (C=O) groups excluding carboxylic acids is 1. The van der Waals surface area contributed by atoms with Crippen molar-refractivity contribution in [2.45, 2.75) is 12.3 Å². The van der Waals surface area contributed by atoms with Gasteiger partial charge in [0.2, 0.25) is 0 Å². The highest BCUT2D eigenvalue weighted by Gasteiger charge is 2.42. The van der Waals surface area contributed by atoms with E-state index in [4.69, 9.17) is 9.84 Å². The summed E-state index contributed by atoms with van der Waals surface area (Å²) in [6.07, 6.45) is 2.99. The number of allylic oxidation sites excluding steroid dienone is 1. The maximum absolute atomic E-state index is 14.6. The normalized spacial score (nSPS) is 17.4. The molecule has 2 aromatic carbocycles. The van der Waals surface area contributed by atoms with Crippen LogP contribution in [0, 0.1) is 5.92 Å². The van der Waals surface area contributed by atoms with E-state index in [0.717, 1.165) is 0 Å². The molecular formula is C20H16F2O4. The molecule has 3 rings (SSSR count). The van der Waals surface area contributed by atoms with Gasteiger partial charge in [0.15, 0.2) is 0 Å². The summed E-state index contributed by atoms with van der Waals surface area (Å²) in [4.78, 5) is 23.2. The number of carboxylic acids is 1. The van der Waals surface area contributed by atoms with Crippen molar-refractivity contribution in [2.24, 2.45) is 5.92 Å². The summed E-state index contributed by atoms with van der Waals surface area (Å²) >= 11 is 0. The first-order valence-electron chi connectivity index (χ1n) is 8.06. The summed E-state index contributed by atoms with van der Waals surface area (Å²) in [6, 6.07) is 11.9. The van der Waals surface area contributed by atoms with Gasteiger partial charge in [0.1, 0.15) is 0 Å². The highest BCUT2D eigenvalue weighted by atomic mass is 19.3. The van der Waals surface area contributed by atoms with Gasteiger partial charge < -0.3 is 9.84 Å². The lowest BCUT2D eigenvalue weighted by molar-refractivity contribution is -0.0565. The number of hydrogen-bond acceptors (Lipinski definition) is 3. The molecule has 134 valence electrons. The lowest BCUT2D eigenvalue weighted by Gasteiger charge is -2.29. The van der Waals surface area contributed by atoms with Gasteiger partial charge in [0.05, 0.1) is 17.7 Å². The molecule has 0 radical (unpaired) electrons. The van der Waals surface area contributed by atoms with E-state index in [9.17, 15) is 18.4 Å². The molecule has 0 bridgehead atoms. The summed E-state index contributed by atoms with van der Waals surface area (Å²) < 4.78 is 34.3. The van der Waals surface area contributed by atoms with Gasteiger partial charge in [0, 0.05) is 11.5 Å². The molecular weight excluding hydrogens is 342 g/mol. The molecule has 2 aromatic rings. The Morgan fingerprint density at radius 1 is 1.04 bits per heavy atom. The first kappa shape index (κ1) is 17.8. The highest BCUT2D eigenvalue weighted by molar-refractivity contribution is 6.02. The van der Waals surface area contributed by atoms with Gasteiger partial charge in [-0.25, -0.2) is 18.4 Å². The molecule has 0 amide bonds. The van der Waals surface area contributed by atoms with Crippen LogP contribution in [0.2, 0.25) is 0 Å². The fraction of sp³-hybridized carbons (Fsp3) is 0.200. The van der Waals surface area contributed by atoms with Crippen molar-refractivity contribution in [3.63, 3.8) is 0 Å². The van der Waals surface area contributed by atoms with E-state index in [2.05, 4.69) is 0 Å². The van der Waals surface area contributed by atoms with E-state index >= 15 is 0 Å². The molecule has 1 aliphatic carbocycles. The largest absolute Gasteiger partial charge is 0.478 e. The molecule has 1 unspecified atom stereocenters. The van der Waals surface area contributed by atoms with Crippen molar-refractivity contribution >= 4 is 18.0 Å². The zero-order chi connectivity index (χ0) is 18.7. The fourth-order valence-electron chi connectivity index (χ4n) is 2.97. The minimum absolute atomic E-state index is 0.0463. The highest BCUT2D eigenvalue weighted by Crippen LogP contribution is 2.43. The molecule has 0 heterocycles. The molecule has 1 aliphatic rings. The van der Waals surface area contributed by atoms with Crippen LogP contribution < -0.4 is 0 Å². The molecule has 0 saturated heterocycles. The Kier molecular flexibility index (Phi) is 4.84. The van der Waals surface area contributed by atoms with Crippen LogP contribution in [-0.2, 0) is 10.7 Å². The molecule has 1 N–H and O–H groups in total. The average molecular weight is 358 g/mol. The molecule has 0 aromatic heterocycles. The summed E-state index contributed by atoms with van der Waals surface area (Å²) in [5.74, 6) is -6.25. The third-order valence-corrected chi connectivity index (χ3v) is 4.33. The molecule has 1 atom stereocenters. The van der Waals surface area contributed by atoms with Gasteiger partial charge in [-0.05, 0) is 24.1 Å². The topological polar surface area (TPSA) is 63.6 Å². The van der Waals surface area contributed by atoms with Crippen molar-refractivity contribution in [3.05, 3.63) is 76.9 Å². The third-order valence-electron chi connectivity index (χ3n) is 4.33. The third kappa shape index (κ3) is 3.35. The fourth-order valence-corrected chi connectivity index (χ4v) is 2.97. The summed E-state index contributed by atoms with van der Waals surface area (Å²) in [5, 5.41) is 9.09. The Balaban J connectivity index is 1.66. The minimum Gasteiger partial charge on any atom is -0.478 e. The van der Waals surface area contributed by atoms with Crippen molar-refractivity contribution in [2.75, 3.05) is 6.61 Å². The van der Waals surface area contributed by atoms with Crippen molar-refractivity contribution in [1.29, 1.82) is 0 Å². The monoisotopic (exact) mass is 358 g/mol. The first-order valence-corrected chi connectivity index (χ1v) is 8.06. The van der Waals surface area contributed by atoms with Crippen LogP contribution in [0.25, 0.3) is 6.08 Å². The Labute approximate surface area is 148 Å². The van der Waals surface area contributed by atoms with Gasteiger partial charge in [0.25, 0.3) is 5.92 Å². The second-order valence-electron chi connectivity index (χ2n) is 5.95. The molecule has 0 saturated carbocycles. The van der Waals surface area contributed by atoms with E-state index in [-0.39, 0.29) is 29.7 Å². The van der Waals surface area contributed by atoms with E-state index in [1.165, 1.54) is 36.4 Å². The molecule has 0 fully saturated rings. The van der Waals surface area contributed by atoms with E-state index in [0.29, 0.717) is 5.56 Å². The number of esters is 1. The number of carboxylic acid groups (broad SMARTS) is 1. The summed E-state index contributed by atoms with van der Waals surface area (Å²) in [6.45, 7) is -0.237. The van der Waals surface area contributed by atoms with Crippen LogP contribution in [-0.4, -0.2) is 23.7 Å². The van der Waals surface area contributed by atoms with E-state index in [1.807, 2.05) is 0 Å². The lowest BCUT2D eigenvalue weighted by Crippen LogP contribution is -2.29. The van der Waals surface area contributed by atoms with Crippen LogP contribution in [0.5, 0.6) is 0 Å². The Hall–Kier alpha value is -3.02. The maximum atomic E-state index is 14.6. The number of ether oxygens (including phenoxy) is 1. The zero-order valence-corrected chi connectivity index (χ0v) is 13.7. The number of benzene rings is 2. The first-order chi connectivity index (χ1) is 12.4. The second-order valence-corrected chi connectivity index (χ2v) is 5.95. The van der Waals surface area contributed by atoms with Crippen molar-refractivity contribution in [1.82, 2.24) is 0 Å². The Bertz CT molecular complexity index is 874. The predicted octanol–water partition coefficient (Wildman–Crippen LogP) is 4.37. The van der Waals surface area contributed by atoms with Crippen LogP contribution in [0.3, 0.4) is 0 Å². The Morgan fingerprint density at radius 3 is 2.42 bits per heavy atom. The van der Waals surface area contributed by atoms with Crippen LogP contribution in [0.15, 0.2) is 54.6 Å². The molecule has 6 heteroatoms. The SMILES string of the molecule is O=C(O)c1ccccc1C(=O)OCCC1C=Cc2ccccc2C1(F)F. The smallest absolute Gasteiger partial charge is 0.339 e. The number of hydrogen-bond donors (Lipinski definition) is 1. The number of carbonyl (C=O) groups is 2. The van der Waals surface area contributed by atoms with Gasteiger partial charge in [-0.15, -0.1) is 0 Å². The molecule has 4 nitrogen and oxygen atoms in total. The quantitative estimate of drug-likeness (QED) is 0.807. The minimum atomic E-state index is -3.06. The van der Waals surface area contributed by atoms with Gasteiger partial charge in [-0.1, -0.05) is 48.6 Å². The lowest BCUT2D eigenvalue weighted by atomic mass is 9.84. The van der Waals surface area contributed by atoms with Gasteiger partial charge in [-0.3, -0.25) is 0 Å². The number of alkyl halides is 2. The van der Waals surface area contributed by atoms with Gasteiger partial charge >= 0.3 is 11.9 Å². The van der Waals surface area contributed by atoms with Crippen molar-refractivity contribution < 1.29 is 28.2 Å². The number of halogens is 2. The van der Waals surface area contributed by atoms with Crippen molar-refractivity contribution in [3.8, 4) is 0 Å². The average Bonchev–Trinajstić information content (AvgIpc) is 2.63. The number of aromatic carboxylic acids is 1. The predicted molar refractivity (Wildman–Crippen MR) is 91.2 cm³/mol. The summed E-state index contributed by atoms with van der Waals surface area (Å²) in [5.41, 5.74) is 0.141. The zero-order valence-electron chi connectivity index (χ0n) is 13.7. The van der Waals surface area contributed by atoms with Crippen LogP contribution in [0.1, 0.15) is 38.3 Å². The maximum Gasteiger partial charge on any atom is 0.339 e. The number of rotatable bonds is 5. The van der Waals surface area contributed by atoms with Crippen LogP contribution in [0.4, 0.5) is 8.78 Å². The van der Waals surface area contributed by atoms with Crippen LogP contribution >= 0.6 is 0 Å². The van der Waals surface area contributed by atoms with E-state index < -0.39 is 23.8 Å². The number of fused-ring (bicyclic) bond motifs is 1. The molecule has 0 aliphatic heterocycles.